The molecule has 2 aromatic rings. The second kappa shape index (κ2) is 12.3. The Bertz CT molecular complexity index is 1080. The lowest BCUT2D eigenvalue weighted by molar-refractivity contribution is 0.122. The number of benzene rings is 1. The van der Waals surface area contributed by atoms with Gasteiger partial charge in [0.2, 0.25) is 5.95 Å². The van der Waals surface area contributed by atoms with Crippen LogP contribution in [0.5, 0.6) is 0 Å². The first kappa shape index (κ1) is 27.4. The number of halogens is 1. The molecule has 0 spiro atoms. The molecule has 9 heteroatoms. The fourth-order valence-electron chi connectivity index (χ4n) is 6.44. The Balaban J connectivity index is 1.33. The number of anilines is 3. The maximum absolute atomic E-state index is 6.19. The van der Waals surface area contributed by atoms with Gasteiger partial charge < -0.3 is 25.2 Å². The second-order valence-corrected chi connectivity index (χ2v) is 12.4. The molecular formula is C29H41ClN6OS. The van der Waals surface area contributed by atoms with E-state index in [1.807, 2.05) is 12.1 Å². The van der Waals surface area contributed by atoms with Crippen LogP contribution in [0.2, 0.25) is 5.02 Å². The maximum atomic E-state index is 6.19. The minimum atomic E-state index is 0.0519. The molecule has 2 saturated heterocycles. The van der Waals surface area contributed by atoms with Crippen molar-refractivity contribution in [2.24, 2.45) is 11.8 Å². The molecule has 2 N–H and O–H groups in total. The molecule has 1 aromatic heterocycles. The van der Waals surface area contributed by atoms with Crippen LogP contribution in [0.4, 0.5) is 17.6 Å². The molecule has 7 nitrogen and oxygen atoms in total. The van der Waals surface area contributed by atoms with Crippen LogP contribution in [0.25, 0.3) is 0 Å². The number of nitrogens with zero attached hydrogens (tertiary/aromatic N) is 4. The van der Waals surface area contributed by atoms with Gasteiger partial charge in [-0.3, -0.25) is 0 Å². The van der Waals surface area contributed by atoms with Crippen molar-refractivity contribution in [2.75, 3.05) is 61.1 Å². The lowest BCUT2D eigenvalue weighted by Gasteiger charge is -2.38. The Kier molecular flexibility index (Phi) is 8.91. The predicted molar refractivity (Wildman–Crippen MR) is 161 cm³/mol. The number of piperidine rings is 1. The number of hydrogen-bond acceptors (Lipinski definition) is 6. The number of hydrogen-bond donors (Lipinski definition) is 2. The number of aromatic nitrogens is 2. The number of rotatable bonds is 6. The van der Waals surface area contributed by atoms with Crippen LogP contribution < -0.4 is 20.4 Å². The third kappa shape index (κ3) is 6.69. The molecule has 0 bridgehead atoms. The summed E-state index contributed by atoms with van der Waals surface area (Å²) in [7, 11) is 0. The van der Waals surface area contributed by atoms with Gasteiger partial charge in [-0.1, -0.05) is 56.8 Å². The van der Waals surface area contributed by atoms with Gasteiger partial charge in [-0.05, 0) is 61.0 Å². The third-order valence-corrected chi connectivity index (χ3v) is 8.81. The van der Waals surface area contributed by atoms with E-state index >= 15 is 0 Å². The lowest BCUT2D eigenvalue weighted by atomic mass is 9.69. The Morgan fingerprint density at radius 1 is 1.00 bits per heavy atom. The first-order chi connectivity index (χ1) is 18.4. The summed E-state index contributed by atoms with van der Waals surface area (Å²) in [6, 6.07) is 10.5. The summed E-state index contributed by atoms with van der Waals surface area (Å²) in [5.74, 6) is 3.73. The number of nitrogens with one attached hydrogen (secondary N) is 2. The van der Waals surface area contributed by atoms with Crippen LogP contribution >= 0.6 is 23.8 Å². The number of morpholine rings is 1. The standard InChI is InChI=1S/C29H41ClN6OS/c1-21-16-22(2)19-36(18-21)26-17-25(35-12-14-37-15-13-35)32-27(33-26)34-28(38)31-20-29(10-4-3-5-11-29)23-6-8-24(30)9-7-23/h6-9,17,21-22H,3-5,10-16,18-20H2,1-2H3,(H2,31,32,33,34,38)/t21-,22+. The van der Waals surface area contributed by atoms with Crippen molar-refractivity contribution in [1.82, 2.24) is 15.3 Å². The molecule has 0 radical (unpaired) electrons. The topological polar surface area (TPSA) is 65.6 Å². The second-order valence-electron chi connectivity index (χ2n) is 11.5. The molecule has 1 aromatic carbocycles. The Morgan fingerprint density at radius 3 is 2.29 bits per heavy atom. The van der Waals surface area contributed by atoms with Gasteiger partial charge in [-0.25, -0.2) is 0 Å². The molecule has 2 atom stereocenters. The number of thiocarbonyl (C=S) groups is 1. The average Bonchev–Trinajstić information content (AvgIpc) is 2.92. The van der Waals surface area contributed by atoms with Gasteiger partial charge in [0.25, 0.3) is 0 Å². The molecule has 38 heavy (non-hydrogen) atoms. The van der Waals surface area contributed by atoms with E-state index in [0.717, 1.165) is 62.2 Å². The molecule has 0 amide bonds. The summed E-state index contributed by atoms with van der Waals surface area (Å²) in [6.45, 7) is 10.5. The van der Waals surface area contributed by atoms with E-state index in [0.29, 0.717) is 36.1 Å². The van der Waals surface area contributed by atoms with Gasteiger partial charge in [0.1, 0.15) is 11.6 Å². The molecule has 206 valence electrons. The van der Waals surface area contributed by atoms with E-state index in [9.17, 15) is 0 Å². The summed E-state index contributed by atoms with van der Waals surface area (Å²) in [4.78, 5) is 14.5. The van der Waals surface area contributed by atoms with E-state index in [4.69, 9.17) is 38.5 Å². The van der Waals surface area contributed by atoms with Gasteiger partial charge in [0.05, 0.1) is 13.2 Å². The zero-order valence-electron chi connectivity index (χ0n) is 22.7. The van der Waals surface area contributed by atoms with E-state index in [1.165, 1.54) is 31.2 Å². The minimum Gasteiger partial charge on any atom is -0.378 e. The first-order valence-electron chi connectivity index (χ1n) is 14.2. The monoisotopic (exact) mass is 556 g/mol. The molecule has 5 rings (SSSR count). The fraction of sp³-hybridized carbons (Fsp3) is 0.621. The van der Waals surface area contributed by atoms with Crippen molar-refractivity contribution in [3.8, 4) is 0 Å². The normalized spacial score (nSPS) is 23.7. The minimum absolute atomic E-state index is 0.0519. The summed E-state index contributed by atoms with van der Waals surface area (Å²) >= 11 is 12.0. The quantitative estimate of drug-likeness (QED) is 0.443. The van der Waals surface area contributed by atoms with E-state index < -0.39 is 0 Å². The molecular weight excluding hydrogens is 516 g/mol. The van der Waals surface area contributed by atoms with Crippen molar-refractivity contribution in [3.05, 3.63) is 40.9 Å². The highest BCUT2D eigenvalue weighted by molar-refractivity contribution is 7.80. The van der Waals surface area contributed by atoms with Crippen LogP contribution in [0, 0.1) is 11.8 Å². The molecule has 1 saturated carbocycles. The van der Waals surface area contributed by atoms with Crippen LogP contribution in [-0.2, 0) is 10.2 Å². The highest BCUT2D eigenvalue weighted by Gasteiger charge is 2.34. The summed E-state index contributed by atoms with van der Waals surface area (Å²) in [5, 5.41) is 8.20. The first-order valence-corrected chi connectivity index (χ1v) is 15.0. The molecule has 0 unspecified atom stereocenters. The van der Waals surface area contributed by atoms with E-state index in [-0.39, 0.29) is 5.41 Å². The lowest BCUT2D eigenvalue weighted by Crippen LogP contribution is -2.44. The van der Waals surface area contributed by atoms with Gasteiger partial charge in [-0.2, -0.15) is 9.97 Å². The highest BCUT2D eigenvalue weighted by Crippen LogP contribution is 2.39. The largest absolute Gasteiger partial charge is 0.378 e. The molecule has 3 fully saturated rings. The maximum Gasteiger partial charge on any atom is 0.232 e. The van der Waals surface area contributed by atoms with Crippen molar-refractivity contribution in [3.63, 3.8) is 0 Å². The van der Waals surface area contributed by atoms with Gasteiger partial charge >= 0.3 is 0 Å². The Hall–Kier alpha value is -2.16. The van der Waals surface area contributed by atoms with Crippen molar-refractivity contribution in [1.29, 1.82) is 0 Å². The average molecular weight is 557 g/mol. The van der Waals surface area contributed by atoms with E-state index in [1.54, 1.807) is 0 Å². The van der Waals surface area contributed by atoms with Crippen LogP contribution in [-0.4, -0.2) is 61.0 Å². The van der Waals surface area contributed by atoms with Crippen LogP contribution in [0.1, 0.15) is 57.9 Å². The van der Waals surface area contributed by atoms with Gasteiger partial charge in [0, 0.05) is 49.2 Å². The van der Waals surface area contributed by atoms with Crippen molar-refractivity contribution in [2.45, 2.75) is 57.8 Å². The molecule has 1 aliphatic carbocycles. The molecule has 3 aliphatic rings. The van der Waals surface area contributed by atoms with Crippen LogP contribution in [0.3, 0.4) is 0 Å². The summed E-state index contributed by atoms with van der Waals surface area (Å²) < 4.78 is 5.58. The zero-order valence-corrected chi connectivity index (χ0v) is 24.3. The van der Waals surface area contributed by atoms with Crippen LogP contribution in [0.15, 0.2) is 30.3 Å². The van der Waals surface area contributed by atoms with E-state index in [2.05, 4.69) is 52.5 Å². The van der Waals surface area contributed by atoms with Gasteiger partial charge in [0.15, 0.2) is 5.11 Å². The summed E-state index contributed by atoms with van der Waals surface area (Å²) in [5.41, 5.74) is 1.38. The SMILES string of the molecule is C[C@@H]1C[C@H](C)CN(c2cc(N3CCOCC3)nc(NC(=S)NCC3(c4ccc(Cl)cc4)CCCCC3)n2)C1. The smallest absolute Gasteiger partial charge is 0.232 e. The Morgan fingerprint density at radius 2 is 1.63 bits per heavy atom. The molecule has 2 aliphatic heterocycles. The third-order valence-electron chi connectivity index (χ3n) is 8.31. The number of ether oxygens (including phenoxy) is 1. The zero-order chi connectivity index (χ0) is 26.5. The predicted octanol–water partition coefficient (Wildman–Crippen LogP) is 5.64. The summed E-state index contributed by atoms with van der Waals surface area (Å²) in [6.07, 6.45) is 7.28. The highest BCUT2D eigenvalue weighted by atomic mass is 35.5. The van der Waals surface area contributed by atoms with Gasteiger partial charge in [-0.15, -0.1) is 0 Å². The van der Waals surface area contributed by atoms with Crippen molar-refractivity contribution < 1.29 is 4.74 Å². The fourth-order valence-corrected chi connectivity index (χ4v) is 6.73. The molecule has 3 heterocycles. The Labute approximate surface area is 237 Å². The van der Waals surface area contributed by atoms with Crippen molar-refractivity contribution >= 4 is 46.5 Å².